The van der Waals surface area contributed by atoms with Crippen molar-refractivity contribution in [2.24, 2.45) is 5.41 Å². The van der Waals surface area contributed by atoms with E-state index in [1.807, 2.05) is 13.0 Å². The fourth-order valence-electron chi connectivity index (χ4n) is 6.55. The molecule has 0 radical (unpaired) electrons. The number of fused-ring (bicyclic) bond motifs is 5. The molecule has 6 rings (SSSR count). The number of anilines is 1. The van der Waals surface area contributed by atoms with Crippen LogP contribution in [0.1, 0.15) is 49.6 Å². The molecule has 6 nitrogen and oxygen atoms in total. The maximum absolute atomic E-state index is 14.5. The van der Waals surface area contributed by atoms with Crippen molar-refractivity contribution >= 4 is 6.01 Å². The summed E-state index contributed by atoms with van der Waals surface area (Å²) >= 11 is 0. The second kappa shape index (κ2) is 7.06. The summed E-state index contributed by atoms with van der Waals surface area (Å²) in [6, 6.07) is 6.31. The van der Waals surface area contributed by atoms with Gasteiger partial charge in [-0.05, 0) is 54.9 Å². The van der Waals surface area contributed by atoms with Crippen LogP contribution in [0, 0.1) is 24.0 Å². The third-order valence-electron chi connectivity index (χ3n) is 8.18. The predicted octanol–water partition coefficient (Wildman–Crippen LogP) is 4.78. The smallest absolute Gasteiger partial charge is 0.297 e. The molecule has 2 fully saturated rings. The molecule has 2 bridgehead atoms. The highest BCUT2D eigenvalue weighted by atomic mass is 19.1. The highest BCUT2D eigenvalue weighted by Crippen LogP contribution is 2.69. The molecule has 0 spiro atoms. The lowest BCUT2D eigenvalue weighted by Crippen LogP contribution is -2.56. The van der Waals surface area contributed by atoms with Crippen LogP contribution in [0.4, 0.5) is 14.8 Å². The lowest BCUT2D eigenvalue weighted by molar-refractivity contribution is -0.0475. The van der Waals surface area contributed by atoms with E-state index in [0.29, 0.717) is 25.7 Å². The third kappa shape index (κ3) is 2.76. The van der Waals surface area contributed by atoms with Gasteiger partial charge < -0.3 is 14.1 Å². The fourth-order valence-corrected chi connectivity index (χ4v) is 6.55. The number of rotatable bonds is 3. The predicted molar refractivity (Wildman–Crippen MR) is 118 cm³/mol. The number of aromatic nitrogens is 3. The van der Waals surface area contributed by atoms with Gasteiger partial charge in [0.25, 0.3) is 6.01 Å². The molecule has 3 aromatic rings. The average Bonchev–Trinajstić information content (AvgIpc) is 3.40. The van der Waals surface area contributed by atoms with Crippen LogP contribution < -0.4 is 4.90 Å². The van der Waals surface area contributed by atoms with Crippen molar-refractivity contribution < 1.29 is 17.9 Å². The maximum Gasteiger partial charge on any atom is 0.297 e. The molecule has 0 N–H and O–H groups in total. The van der Waals surface area contributed by atoms with Gasteiger partial charge >= 0.3 is 0 Å². The van der Waals surface area contributed by atoms with Crippen LogP contribution in [0.5, 0.6) is 0 Å². The van der Waals surface area contributed by atoms with Gasteiger partial charge in [0.1, 0.15) is 17.9 Å². The molecular formula is C25H26F2N4O2. The van der Waals surface area contributed by atoms with Crippen molar-refractivity contribution in [1.29, 1.82) is 0 Å². The number of benzene rings is 1. The van der Waals surface area contributed by atoms with Crippen molar-refractivity contribution in [2.75, 3.05) is 24.6 Å². The van der Waals surface area contributed by atoms with Gasteiger partial charge in [0.15, 0.2) is 0 Å². The molecule has 172 valence electrons. The highest BCUT2D eigenvalue weighted by Gasteiger charge is 2.67. The summed E-state index contributed by atoms with van der Waals surface area (Å²) in [6.45, 7) is 8.34. The molecule has 3 heterocycles. The van der Waals surface area contributed by atoms with Gasteiger partial charge in [-0.1, -0.05) is 19.9 Å². The molecule has 33 heavy (non-hydrogen) atoms. The second-order valence-electron chi connectivity index (χ2n) is 9.99. The first-order chi connectivity index (χ1) is 15.8. The Labute approximate surface area is 191 Å². The number of hydrogen-bond acceptors (Lipinski definition) is 6. The summed E-state index contributed by atoms with van der Waals surface area (Å²) in [4.78, 5) is 6.63. The largest absolute Gasteiger partial charge is 0.432 e. The van der Waals surface area contributed by atoms with Gasteiger partial charge in [-0.2, -0.15) is 15.2 Å². The van der Waals surface area contributed by atoms with E-state index >= 15 is 0 Å². The Bertz CT molecular complexity index is 1220. The van der Waals surface area contributed by atoms with E-state index in [2.05, 4.69) is 33.9 Å². The molecule has 0 amide bonds. The van der Waals surface area contributed by atoms with Crippen LogP contribution in [0.2, 0.25) is 0 Å². The number of oxazole rings is 1. The molecule has 1 aliphatic heterocycles. The Kier molecular flexibility index (Phi) is 4.43. The number of ether oxygens (including phenoxy) is 1. The lowest BCUT2D eigenvalue weighted by Gasteiger charge is -2.47. The zero-order valence-electron chi connectivity index (χ0n) is 18.9. The van der Waals surface area contributed by atoms with Gasteiger partial charge in [-0.15, -0.1) is 0 Å². The van der Waals surface area contributed by atoms with Crippen LogP contribution in [0.25, 0.3) is 11.3 Å². The van der Waals surface area contributed by atoms with Crippen molar-refractivity contribution in [1.82, 2.24) is 15.2 Å². The molecule has 2 aliphatic carbocycles. The average molecular weight is 453 g/mol. The first-order valence-electron chi connectivity index (χ1n) is 11.4. The van der Waals surface area contributed by atoms with Crippen LogP contribution in [-0.4, -0.2) is 41.0 Å². The summed E-state index contributed by atoms with van der Waals surface area (Å²) in [7, 11) is 0. The third-order valence-corrected chi connectivity index (χ3v) is 8.18. The van der Waals surface area contributed by atoms with E-state index in [0.717, 1.165) is 29.8 Å². The van der Waals surface area contributed by atoms with Crippen LogP contribution in [-0.2, 0) is 10.2 Å². The maximum atomic E-state index is 14.5. The molecule has 1 saturated carbocycles. The standard InChI is InChI=1S/C25H26F2N4O2/c1-14-13-33-23(28-14)31-9-10-32-20(12-31)25-8-7-16(24(25,2)3)15-11-19(29-30-22(15)25)21-17(26)5-4-6-18(21)27/h4-6,11,13,16,20H,7-10,12H2,1-3H3/t16-,20-,25?/m0/s1. The minimum absolute atomic E-state index is 0.120. The zero-order valence-corrected chi connectivity index (χ0v) is 18.9. The normalized spacial score (nSPS) is 27.7. The molecular weight excluding hydrogens is 426 g/mol. The monoisotopic (exact) mass is 452 g/mol. The number of halogens is 2. The van der Waals surface area contributed by atoms with Gasteiger partial charge in [0, 0.05) is 18.5 Å². The first-order valence-corrected chi connectivity index (χ1v) is 11.4. The number of nitrogens with zero attached hydrogens (tertiary/aromatic N) is 4. The van der Waals surface area contributed by atoms with Crippen LogP contribution >= 0.6 is 0 Å². The van der Waals surface area contributed by atoms with Crippen LogP contribution in [0.15, 0.2) is 34.9 Å². The minimum atomic E-state index is -0.631. The lowest BCUT2D eigenvalue weighted by atomic mass is 9.64. The quantitative estimate of drug-likeness (QED) is 0.570. The summed E-state index contributed by atoms with van der Waals surface area (Å²) in [5, 5.41) is 8.94. The molecule has 1 unspecified atom stereocenters. The van der Waals surface area contributed by atoms with E-state index in [4.69, 9.17) is 9.15 Å². The number of aryl methyl sites for hydroxylation is 1. The van der Waals surface area contributed by atoms with Crippen molar-refractivity contribution in [3.8, 4) is 11.3 Å². The fraction of sp³-hybridized carbons (Fsp3) is 0.480. The van der Waals surface area contributed by atoms with Gasteiger partial charge in [0.05, 0.1) is 35.4 Å². The SMILES string of the molecule is Cc1coc(N2CCO[C@H](C34CC[C@@H](c5cc(-c6c(F)cccc6F)nnc53)C4(C)C)C2)n1. The molecule has 1 aromatic carbocycles. The molecule has 3 aliphatic rings. The zero-order chi connectivity index (χ0) is 23.0. The Balaban J connectivity index is 1.42. The second-order valence-corrected chi connectivity index (χ2v) is 9.99. The van der Waals surface area contributed by atoms with Gasteiger partial charge in [0.2, 0.25) is 0 Å². The van der Waals surface area contributed by atoms with E-state index < -0.39 is 11.6 Å². The minimum Gasteiger partial charge on any atom is -0.432 e. The van der Waals surface area contributed by atoms with Crippen molar-refractivity contribution in [3.63, 3.8) is 0 Å². The van der Waals surface area contributed by atoms with E-state index in [1.165, 1.54) is 18.2 Å². The Morgan fingerprint density at radius 2 is 1.94 bits per heavy atom. The topological polar surface area (TPSA) is 64.3 Å². The van der Waals surface area contributed by atoms with Gasteiger partial charge in [-0.3, -0.25) is 0 Å². The van der Waals surface area contributed by atoms with E-state index in [9.17, 15) is 8.78 Å². The summed E-state index contributed by atoms with van der Waals surface area (Å²) in [6.07, 6.45) is 3.45. The number of morpholine rings is 1. The molecule has 8 heteroatoms. The van der Waals surface area contributed by atoms with Gasteiger partial charge in [-0.25, -0.2) is 8.78 Å². The van der Waals surface area contributed by atoms with E-state index in [1.54, 1.807) is 6.26 Å². The van der Waals surface area contributed by atoms with Crippen LogP contribution in [0.3, 0.4) is 0 Å². The first kappa shape index (κ1) is 20.7. The summed E-state index contributed by atoms with van der Waals surface area (Å²) < 4.78 is 41.0. The summed E-state index contributed by atoms with van der Waals surface area (Å²) in [5.74, 6) is -1.04. The Morgan fingerprint density at radius 1 is 1.15 bits per heavy atom. The van der Waals surface area contributed by atoms with E-state index in [-0.39, 0.29) is 34.1 Å². The Hall–Kier alpha value is -2.87. The van der Waals surface area contributed by atoms with Crippen molar-refractivity contribution in [3.05, 3.63) is 59.1 Å². The number of hydrogen-bond donors (Lipinski definition) is 0. The summed E-state index contributed by atoms with van der Waals surface area (Å²) in [5.41, 5.74) is 2.42. The molecule has 3 atom stereocenters. The Morgan fingerprint density at radius 3 is 2.67 bits per heavy atom. The van der Waals surface area contributed by atoms with Crippen molar-refractivity contribution in [2.45, 2.75) is 51.0 Å². The molecule has 2 aromatic heterocycles. The molecule has 1 saturated heterocycles. The highest BCUT2D eigenvalue weighted by molar-refractivity contribution is 5.63.